The van der Waals surface area contributed by atoms with Crippen LogP contribution in [0.25, 0.3) is 0 Å². The molecule has 5 nitrogen and oxygen atoms in total. The Morgan fingerprint density at radius 2 is 1.34 bits per heavy atom. The van der Waals surface area contributed by atoms with E-state index in [1.54, 1.807) is 12.1 Å². The molecule has 0 radical (unpaired) electrons. The molecule has 0 unspecified atom stereocenters. The van der Waals surface area contributed by atoms with Gasteiger partial charge in [0.15, 0.2) is 0 Å². The smallest absolute Gasteiger partial charge is 0.261 e. The summed E-state index contributed by atoms with van der Waals surface area (Å²) in [5.74, 6) is -0.416. The minimum Gasteiger partial charge on any atom is -0.341 e. The van der Waals surface area contributed by atoms with Crippen LogP contribution < -0.4 is 10.0 Å². The van der Waals surface area contributed by atoms with E-state index in [9.17, 15) is 13.2 Å². The number of halogens is 1. The van der Waals surface area contributed by atoms with Gasteiger partial charge in [-0.3, -0.25) is 9.52 Å². The first kappa shape index (κ1) is 24.5. The van der Waals surface area contributed by atoms with Crippen molar-refractivity contribution in [1.29, 1.82) is 0 Å². The van der Waals surface area contributed by atoms with Crippen molar-refractivity contribution in [2.45, 2.75) is 24.8 Å². The molecule has 0 heterocycles. The van der Waals surface area contributed by atoms with Crippen molar-refractivity contribution in [2.24, 2.45) is 0 Å². The second-order valence-corrected chi connectivity index (χ2v) is 10.4. The molecule has 2 N–H and O–H groups in total. The largest absolute Gasteiger partial charge is 0.341 e. The number of nitrogens with one attached hydrogen (secondary N) is 2. The van der Waals surface area contributed by atoms with Gasteiger partial charge in [-0.15, -0.1) is 0 Å². The summed E-state index contributed by atoms with van der Waals surface area (Å²) in [4.78, 5) is 13.5. The topological polar surface area (TPSA) is 75.3 Å². The van der Waals surface area contributed by atoms with Crippen LogP contribution in [-0.2, 0) is 10.0 Å². The molecule has 178 valence electrons. The first-order chi connectivity index (χ1) is 16.7. The molecule has 0 aliphatic carbocycles. The summed E-state index contributed by atoms with van der Waals surface area (Å²) in [6.45, 7) is 3.88. The Morgan fingerprint density at radius 3 is 1.97 bits per heavy atom. The second kappa shape index (κ2) is 10.3. The molecule has 0 aliphatic rings. The summed E-state index contributed by atoms with van der Waals surface area (Å²) in [5.41, 5.74) is 4.31. The van der Waals surface area contributed by atoms with Gasteiger partial charge in [0, 0.05) is 5.69 Å². The molecule has 0 spiro atoms. The van der Waals surface area contributed by atoms with Gasteiger partial charge in [-0.1, -0.05) is 89.5 Å². The van der Waals surface area contributed by atoms with Crippen LogP contribution >= 0.6 is 11.6 Å². The Bertz CT molecular complexity index is 1440. The van der Waals surface area contributed by atoms with Crippen molar-refractivity contribution in [3.05, 3.63) is 130 Å². The number of hydrogen-bond donors (Lipinski definition) is 2. The van der Waals surface area contributed by atoms with E-state index < -0.39 is 22.0 Å². The van der Waals surface area contributed by atoms with Crippen molar-refractivity contribution in [3.8, 4) is 0 Å². The predicted molar refractivity (Wildman–Crippen MR) is 140 cm³/mol. The van der Waals surface area contributed by atoms with E-state index >= 15 is 0 Å². The highest BCUT2D eigenvalue weighted by molar-refractivity contribution is 7.92. The fourth-order valence-electron chi connectivity index (χ4n) is 3.67. The van der Waals surface area contributed by atoms with Gasteiger partial charge in [0.25, 0.3) is 15.9 Å². The molecule has 0 aromatic heterocycles. The Hall–Kier alpha value is -3.61. The molecule has 4 aromatic carbocycles. The quantitative estimate of drug-likeness (QED) is 0.311. The molecule has 7 heteroatoms. The summed E-state index contributed by atoms with van der Waals surface area (Å²) < 4.78 is 28.2. The average Bonchev–Trinajstić information content (AvgIpc) is 2.85. The highest BCUT2D eigenvalue weighted by Gasteiger charge is 2.21. The SMILES string of the molecule is Cc1ccc([C@H](NC(=O)c2cc(NS(=O)(=O)c3ccc(C)cc3)ccc2Cl)c2ccccc2)cc1. The van der Waals surface area contributed by atoms with E-state index in [4.69, 9.17) is 11.6 Å². The standard InChI is InChI=1S/C28H25ClN2O3S/c1-19-8-12-22(13-9-19)27(21-6-4-3-5-7-21)30-28(32)25-18-23(14-17-26(25)29)31-35(33,34)24-15-10-20(2)11-16-24/h3-18,27,31H,1-2H3,(H,30,32)/t27-/m1/s1. The second-order valence-electron chi connectivity index (χ2n) is 8.34. The lowest BCUT2D eigenvalue weighted by atomic mass is 9.97. The number of sulfonamides is 1. The maximum atomic E-state index is 13.3. The fraction of sp³-hybridized carbons (Fsp3) is 0.107. The van der Waals surface area contributed by atoms with Crippen LogP contribution in [0.2, 0.25) is 5.02 Å². The molecular weight excluding hydrogens is 480 g/mol. The minimum atomic E-state index is -3.82. The van der Waals surface area contributed by atoms with Gasteiger partial charge in [0.05, 0.1) is 21.5 Å². The maximum absolute atomic E-state index is 13.3. The van der Waals surface area contributed by atoms with Crippen LogP contribution in [0.5, 0.6) is 0 Å². The van der Waals surface area contributed by atoms with Gasteiger partial charge >= 0.3 is 0 Å². The molecule has 1 amide bonds. The van der Waals surface area contributed by atoms with Crippen LogP contribution in [0.15, 0.2) is 102 Å². The number of hydrogen-bond acceptors (Lipinski definition) is 3. The van der Waals surface area contributed by atoms with Crippen molar-refractivity contribution in [1.82, 2.24) is 5.32 Å². The Labute approximate surface area is 210 Å². The van der Waals surface area contributed by atoms with Gasteiger partial charge in [0.2, 0.25) is 0 Å². The van der Waals surface area contributed by atoms with Gasteiger partial charge in [0.1, 0.15) is 0 Å². The third-order valence-electron chi connectivity index (χ3n) is 5.61. The van der Waals surface area contributed by atoms with Gasteiger partial charge in [-0.25, -0.2) is 8.42 Å². The first-order valence-corrected chi connectivity index (χ1v) is 12.9. The zero-order valence-corrected chi connectivity index (χ0v) is 20.9. The molecule has 0 fully saturated rings. The summed E-state index contributed by atoms with van der Waals surface area (Å²) in [5, 5.41) is 3.27. The third-order valence-corrected chi connectivity index (χ3v) is 7.34. The van der Waals surface area contributed by atoms with Crippen LogP contribution in [-0.4, -0.2) is 14.3 Å². The number of amides is 1. The number of benzene rings is 4. The lowest BCUT2D eigenvalue weighted by molar-refractivity contribution is 0.0943. The van der Waals surface area contributed by atoms with Crippen molar-refractivity contribution in [2.75, 3.05) is 4.72 Å². The van der Waals surface area contributed by atoms with Crippen LogP contribution in [0.4, 0.5) is 5.69 Å². The molecule has 0 saturated carbocycles. The zero-order valence-electron chi connectivity index (χ0n) is 19.3. The number of carbonyl (C=O) groups is 1. The molecule has 4 rings (SSSR count). The number of aryl methyl sites for hydroxylation is 2. The number of carbonyl (C=O) groups excluding carboxylic acids is 1. The molecule has 35 heavy (non-hydrogen) atoms. The molecule has 1 atom stereocenters. The molecular formula is C28H25ClN2O3S. The van der Waals surface area contributed by atoms with Crippen LogP contribution in [0.1, 0.15) is 38.7 Å². The first-order valence-electron chi connectivity index (χ1n) is 11.0. The zero-order chi connectivity index (χ0) is 25.0. The van der Waals surface area contributed by atoms with E-state index in [1.807, 2.05) is 68.4 Å². The lowest BCUT2D eigenvalue weighted by Gasteiger charge is -2.21. The summed E-state index contributed by atoms with van der Waals surface area (Å²) >= 11 is 6.35. The minimum absolute atomic E-state index is 0.132. The van der Waals surface area contributed by atoms with Gasteiger partial charge < -0.3 is 5.32 Å². The van der Waals surface area contributed by atoms with Crippen molar-refractivity contribution >= 4 is 33.2 Å². The average molecular weight is 505 g/mol. The Morgan fingerprint density at radius 1 is 0.771 bits per heavy atom. The Balaban J connectivity index is 1.62. The van der Waals surface area contributed by atoms with E-state index in [1.165, 1.54) is 30.3 Å². The predicted octanol–water partition coefficient (Wildman–Crippen LogP) is 6.28. The summed E-state index contributed by atoms with van der Waals surface area (Å²) in [7, 11) is -3.82. The number of anilines is 1. The monoisotopic (exact) mass is 504 g/mol. The van der Waals surface area contributed by atoms with Crippen LogP contribution in [0.3, 0.4) is 0 Å². The summed E-state index contributed by atoms with van der Waals surface area (Å²) in [6, 6.07) is 28.1. The highest BCUT2D eigenvalue weighted by Crippen LogP contribution is 2.27. The number of rotatable bonds is 7. The maximum Gasteiger partial charge on any atom is 0.261 e. The molecule has 0 aliphatic heterocycles. The lowest BCUT2D eigenvalue weighted by Crippen LogP contribution is -2.29. The molecule has 4 aromatic rings. The van der Waals surface area contributed by atoms with E-state index in [0.29, 0.717) is 0 Å². The van der Waals surface area contributed by atoms with Gasteiger partial charge in [-0.2, -0.15) is 0 Å². The van der Waals surface area contributed by atoms with Gasteiger partial charge in [-0.05, 0) is 55.3 Å². The fourth-order valence-corrected chi connectivity index (χ4v) is 4.92. The summed E-state index contributed by atoms with van der Waals surface area (Å²) in [6.07, 6.45) is 0. The third kappa shape index (κ3) is 5.91. The molecule has 0 bridgehead atoms. The normalized spacial score (nSPS) is 12.1. The molecule has 0 saturated heterocycles. The van der Waals surface area contributed by atoms with Crippen molar-refractivity contribution < 1.29 is 13.2 Å². The van der Waals surface area contributed by atoms with E-state index in [2.05, 4.69) is 10.0 Å². The highest BCUT2D eigenvalue weighted by atomic mass is 35.5. The van der Waals surface area contributed by atoms with E-state index in [0.717, 1.165) is 22.3 Å². The van der Waals surface area contributed by atoms with Crippen LogP contribution in [0, 0.1) is 13.8 Å². The van der Waals surface area contributed by atoms with Crippen molar-refractivity contribution in [3.63, 3.8) is 0 Å². The van der Waals surface area contributed by atoms with E-state index in [-0.39, 0.29) is 21.2 Å². The Kier molecular flexibility index (Phi) is 7.24.